The SMILES string of the molecule is N#C/C(=C\c1ccc(-c2ccccc2[N+](=O)[O-])o1)C(=O)NC1CCCCC1. The molecule has 1 aromatic carbocycles. The fourth-order valence-electron chi connectivity index (χ4n) is 3.22. The topological polar surface area (TPSA) is 109 Å². The van der Waals surface area contributed by atoms with Crippen molar-refractivity contribution in [2.45, 2.75) is 38.1 Å². The molecule has 1 heterocycles. The van der Waals surface area contributed by atoms with Crippen LogP contribution < -0.4 is 5.32 Å². The predicted octanol–water partition coefficient (Wildman–Crippen LogP) is 4.21. The summed E-state index contributed by atoms with van der Waals surface area (Å²) in [5.74, 6) is 0.171. The highest BCUT2D eigenvalue weighted by molar-refractivity contribution is 6.01. The van der Waals surface area contributed by atoms with Crippen molar-refractivity contribution in [1.29, 1.82) is 5.26 Å². The van der Waals surface area contributed by atoms with Gasteiger partial charge in [-0.15, -0.1) is 0 Å². The number of nitro benzene ring substituents is 1. The Hall–Kier alpha value is -3.40. The molecule has 0 radical (unpaired) electrons. The Morgan fingerprint density at radius 2 is 1.96 bits per heavy atom. The molecule has 1 saturated carbocycles. The van der Waals surface area contributed by atoms with E-state index in [4.69, 9.17) is 4.42 Å². The first-order valence-electron chi connectivity index (χ1n) is 8.85. The van der Waals surface area contributed by atoms with Crippen LogP contribution >= 0.6 is 0 Å². The summed E-state index contributed by atoms with van der Waals surface area (Å²) in [7, 11) is 0. The average molecular weight is 365 g/mol. The first kappa shape index (κ1) is 18.4. The van der Waals surface area contributed by atoms with E-state index in [1.54, 1.807) is 30.3 Å². The van der Waals surface area contributed by atoms with Gasteiger partial charge in [-0.1, -0.05) is 31.4 Å². The quantitative estimate of drug-likeness (QED) is 0.369. The maximum absolute atomic E-state index is 12.3. The van der Waals surface area contributed by atoms with E-state index >= 15 is 0 Å². The molecule has 0 spiro atoms. The Morgan fingerprint density at radius 1 is 1.22 bits per heavy atom. The van der Waals surface area contributed by atoms with Gasteiger partial charge in [-0.25, -0.2) is 0 Å². The number of amides is 1. The molecule has 1 N–H and O–H groups in total. The molecule has 7 heteroatoms. The molecular weight excluding hydrogens is 346 g/mol. The van der Waals surface area contributed by atoms with Gasteiger partial charge in [0.05, 0.1) is 10.5 Å². The van der Waals surface area contributed by atoms with E-state index in [2.05, 4.69) is 5.32 Å². The van der Waals surface area contributed by atoms with Gasteiger partial charge in [-0.3, -0.25) is 14.9 Å². The van der Waals surface area contributed by atoms with Gasteiger partial charge in [0.25, 0.3) is 11.6 Å². The number of para-hydroxylation sites is 1. The van der Waals surface area contributed by atoms with Crippen LogP contribution in [-0.4, -0.2) is 16.9 Å². The summed E-state index contributed by atoms with van der Waals surface area (Å²) in [4.78, 5) is 23.0. The molecule has 27 heavy (non-hydrogen) atoms. The van der Waals surface area contributed by atoms with Crippen LogP contribution in [-0.2, 0) is 4.79 Å². The summed E-state index contributed by atoms with van der Waals surface area (Å²) in [6, 6.07) is 11.4. The molecule has 0 unspecified atom stereocenters. The maximum Gasteiger partial charge on any atom is 0.280 e. The van der Waals surface area contributed by atoms with E-state index in [1.165, 1.54) is 18.6 Å². The minimum absolute atomic E-state index is 0.0518. The van der Waals surface area contributed by atoms with Gasteiger partial charge in [0.1, 0.15) is 23.2 Å². The van der Waals surface area contributed by atoms with Gasteiger partial charge in [0.2, 0.25) is 0 Å². The minimum Gasteiger partial charge on any atom is -0.456 e. The summed E-state index contributed by atoms with van der Waals surface area (Å²) in [5.41, 5.74) is 0.217. The number of nitro groups is 1. The number of carbonyl (C=O) groups is 1. The van der Waals surface area contributed by atoms with Crippen molar-refractivity contribution in [2.24, 2.45) is 0 Å². The van der Waals surface area contributed by atoms with Crippen LogP contribution in [0.4, 0.5) is 5.69 Å². The van der Waals surface area contributed by atoms with Crippen LogP contribution in [0.5, 0.6) is 0 Å². The lowest BCUT2D eigenvalue weighted by Gasteiger charge is -2.22. The van der Waals surface area contributed by atoms with Crippen molar-refractivity contribution in [3.05, 3.63) is 57.8 Å². The molecule has 0 bridgehead atoms. The molecule has 1 amide bonds. The Morgan fingerprint density at radius 3 is 2.67 bits per heavy atom. The standard InChI is InChI=1S/C20H19N3O4/c21-13-14(20(24)22-15-6-2-1-3-7-15)12-16-10-11-19(27-16)17-8-4-5-9-18(17)23(25)26/h4-5,8-12,15H,1-3,6-7H2,(H,22,24)/b14-12+. The molecule has 1 aliphatic carbocycles. The minimum atomic E-state index is -0.480. The smallest absolute Gasteiger partial charge is 0.280 e. The second-order valence-corrected chi connectivity index (χ2v) is 6.45. The van der Waals surface area contributed by atoms with Crippen molar-refractivity contribution >= 4 is 17.7 Å². The second kappa shape index (κ2) is 8.32. The van der Waals surface area contributed by atoms with Crippen molar-refractivity contribution in [3.63, 3.8) is 0 Å². The first-order chi connectivity index (χ1) is 13.1. The normalized spacial score (nSPS) is 15.1. The van der Waals surface area contributed by atoms with Gasteiger partial charge in [-0.05, 0) is 31.0 Å². The number of nitrogens with zero attached hydrogens (tertiary/aromatic N) is 2. The highest BCUT2D eigenvalue weighted by atomic mass is 16.6. The zero-order valence-corrected chi connectivity index (χ0v) is 14.7. The summed E-state index contributed by atoms with van der Waals surface area (Å²) in [5, 5.41) is 23.4. The van der Waals surface area contributed by atoms with E-state index in [-0.39, 0.29) is 17.3 Å². The molecule has 1 aliphatic rings. The largest absolute Gasteiger partial charge is 0.456 e. The highest BCUT2D eigenvalue weighted by Gasteiger charge is 2.20. The van der Waals surface area contributed by atoms with Crippen molar-refractivity contribution < 1.29 is 14.1 Å². The number of carbonyl (C=O) groups excluding carboxylic acids is 1. The number of nitrogens with one attached hydrogen (secondary N) is 1. The molecular formula is C20H19N3O4. The molecule has 138 valence electrons. The predicted molar refractivity (Wildman–Crippen MR) is 99.4 cm³/mol. The molecule has 0 atom stereocenters. The van der Waals surface area contributed by atoms with E-state index < -0.39 is 10.8 Å². The number of hydrogen-bond acceptors (Lipinski definition) is 5. The molecule has 3 rings (SSSR count). The summed E-state index contributed by atoms with van der Waals surface area (Å²) >= 11 is 0. The number of furan rings is 1. The Labute approximate surface area is 156 Å². The average Bonchev–Trinajstić information content (AvgIpc) is 3.15. The molecule has 2 aromatic rings. The lowest BCUT2D eigenvalue weighted by atomic mass is 9.95. The van der Waals surface area contributed by atoms with E-state index in [9.17, 15) is 20.2 Å². The monoisotopic (exact) mass is 365 g/mol. The number of benzene rings is 1. The first-order valence-corrected chi connectivity index (χ1v) is 8.85. The van der Waals surface area contributed by atoms with Crippen LogP contribution in [0.1, 0.15) is 37.9 Å². The number of rotatable bonds is 5. The summed E-state index contributed by atoms with van der Waals surface area (Å²) < 4.78 is 5.62. The van der Waals surface area contributed by atoms with E-state index in [0.29, 0.717) is 17.1 Å². The Bertz CT molecular complexity index is 917. The highest BCUT2D eigenvalue weighted by Crippen LogP contribution is 2.31. The van der Waals surface area contributed by atoms with Gasteiger partial charge >= 0.3 is 0 Å². The van der Waals surface area contributed by atoms with Crippen molar-refractivity contribution in [2.75, 3.05) is 0 Å². The molecule has 1 aromatic heterocycles. The van der Waals surface area contributed by atoms with Crippen molar-refractivity contribution in [1.82, 2.24) is 5.32 Å². The van der Waals surface area contributed by atoms with Crippen LogP contribution in [0.2, 0.25) is 0 Å². The van der Waals surface area contributed by atoms with Crippen LogP contribution in [0.3, 0.4) is 0 Å². The van der Waals surface area contributed by atoms with Gasteiger partial charge < -0.3 is 9.73 Å². The van der Waals surface area contributed by atoms with Crippen LogP contribution in [0.25, 0.3) is 17.4 Å². The zero-order chi connectivity index (χ0) is 19.2. The number of hydrogen-bond donors (Lipinski definition) is 1. The van der Waals surface area contributed by atoms with E-state index in [1.807, 2.05) is 6.07 Å². The molecule has 0 saturated heterocycles. The zero-order valence-electron chi connectivity index (χ0n) is 14.7. The third-order valence-electron chi connectivity index (χ3n) is 4.59. The number of nitriles is 1. The van der Waals surface area contributed by atoms with Gasteiger partial charge in [-0.2, -0.15) is 5.26 Å². The fourth-order valence-corrected chi connectivity index (χ4v) is 3.22. The maximum atomic E-state index is 12.3. The summed E-state index contributed by atoms with van der Waals surface area (Å²) in [6.07, 6.45) is 6.53. The fraction of sp³-hybridized carbons (Fsp3) is 0.300. The Kier molecular flexibility index (Phi) is 5.67. The molecule has 7 nitrogen and oxygen atoms in total. The lowest BCUT2D eigenvalue weighted by Crippen LogP contribution is -2.36. The van der Waals surface area contributed by atoms with Gasteiger partial charge in [0, 0.05) is 18.2 Å². The van der Waals surface area contributed by atoms with Crippen LogP contribution in [0, 0.1) is 21.4 Å². The lowest BCUT2D eigenvalue weighted by molar-refractivity contribution is -0.384. The van der Waals surface area contributed by atoms with Gasteiger partial charge in [0.15, 0.2) is 0 Å². The molecule has 1 fully saturated rings. The van der Waals surface area contributed by atoms with E-state index in [0.717, 1.165) is 25.7 Å². The third kappa shape index (κ3) is 4.42. The third-order valence-corrected chi connectivity index (χ3v) is 4.59. The Balaban J connectivity index is 1.79. The molecule has 0 aliphatic heterocycles. The summed E-state index contributed by atoms with van der Waals surface area (Å²) in [6.45, 7) is 0. The second-order valence-electron chi connectivity index (χ2n) is 6.45. The van der Waals surface area contributed by atoms with Crippen LogP contribution in [0.15, 0.2) is 46.4 Å². The van der Waals surface area contributed by atoms with Crippen molar-refractivity contribution in [3.8, 4) is 17.4 Å².